The van der Waals surface area contributed by atoms with E-state index in [9.17, 15) is 9.18 Å². The van der Waals surface area contributed by atoms with Crippen LogP contribution in [0.3, 0.4) is 0 Å². The number of ether oxygens (including phenoxy) is 1. The van der Waals surface area contributed by atoms with Crippen LogP contribution in [0.4, 0.5) is 15.8 Å². The summed E-state index contributed by atoms with van der Waals surface area (Å²) < 4.78 is 24.0. The average Bonchev–Trinajstić information content (AvgIpc) is 3.27. The number of thioether (sulfide) groups is 1. The lowest BCUT2D eigenvalue weighted by Crippen LogP contribution is -2.29. The molecule has 9 heteroatoms. The Morgan fingerprint density at radius 1 is 1.12 bits per heavy atom. The van der Waals surface area contributed by atoms with Crippen LogP contribution in [0.25, 0.3) is 0 Å². The minimum atomic E-state index is -0.428. The van der Waals surface area contributed by atoms with E-state index in [0.29, 0.717) is 5.75 Å². The van der Waals surface area contributed by atoms with Gasteiger partial charge in [0, 0.05) is 24.5 Å². The van der Waals surface area contributed by atoms with E-state index in [2.05, 4.69) is 20.4 Å². The van der Waals surface area contributed by atoms with Crippen molar-refractivity contribution < 1.29 is 18.3 Å². The van der Waals surface area contributed by atoms with Gasteiger partial charge < -0.3 is 19.4 Å². The van der Waals surface area contributed by atoms with Gasteiger partial charge in [0.25, 0.3) is 11.1 Å². The Morgan fingerprint density at radius 2 is 1.84 bits per heavy atom. The molecule has 1 saturated heterocycles. The first-order valence-electron chi connectivity index (χ1n) is 10.6. The number of halogens is 1. The van der Waals surface area contributed by atoms with Gasteiger partial charge in [-0.2, -0.15) is 0 Å². The second kappa shape index (κ2) is 10.5. The fourth-order valence-corrected chi connectivity index (χ4v) is 4.08. The highest BCUT2D eigenvalue weighted by Gasteiger charge is 2.19. The Balaban J connectivity index is 1.25. The molecule has 0 radical (unpaired) electrons. The molecule has 1 amide bonds. The Morgan fingerprint density at radius 3 is 2.56 bits per heavy atom. The average molecular weight is 457 g/mol. The third-order valence-electron chi connectivity index (χ3n) is 5.13. The first-order valence-corrected chi connectivity index (χ1v) is 11.5. The Hall–Kier alpha value is -3.07. The molecule has 32 heavy (non-hydrogen) atoms. The molecule has 3 aromatic rings. The summed E-state index contributed by atoms with van der Waals surface area (Å²) in [6, 6.07) is 13.6. The number of carbonyl (C=O) groups excluding carboxylic acids is 1. The molecule has 2 aromatic carbocycles. The first-order chi connectivity index (χ1) is 15.6. The molecule has 1 unspecified atom stereocenters. The lowest BCUT2D eigenvalue weighted by Gasteiger charge is -2.28. The van der Waals surface area contributed by atoms with Crippen molar-refractivity contribution in [2.45, 2.75) is 43.3 Å². The number of rotatable bonds is 8. The number of benzene rings is 2. The molecule has 7 nitrogen and oxygen atoms in total. The van der Waals surface area contributed by atoms with Gasteiger partial charge >= 0.3 is 0 Å². The van der Waals surface area contributed by atoms with E-state index < -0.39 is 5.25 Å². The van der Waals surface area contributed by atoms with E-state index in [4.69, 9.17) is 9.15 Å². The SMILES string of the molecule is CC(Sc1nnc(COc2ccc(F)cc2)o1)C(=O)Nc1ccc(N2CCCCC2)cc1. The summed E-state index contributed by atoms with van der Waals surface area (Å²) in [5, 5.41) is 10.7. The summed E-state index contributed by atoms with van der Waals surface area (Å²) in [6.07, 6.45) is 3.74. The van der Waals surface area contributed by atoms with Crippen molar-refractivity contribution >= 4 is 29.0 Å². The van der Waals surface area contributed by atoms with E-state index in [0.717, 1.165) is 18.8 Å². The molecule has 1 atom stereocenters. The van der Waals surface area contributed by atoms with Gasteiger partial charge in [-0.25, -0.2) is 4.39 Å². The van der Waals surface area contributed by atoms with Gasteiger partial charge in [0.2, 0.25) is 5.91 Å². The van der Waals surface area contributed by atoms with Crippen LogP contribution in [-0.4, -0.2) is 34.4 Å². The third kappa shape index (κ3) is 6.00. The normalized spacial score (nSPS) is 14.8. The van der Waals surface area contributed by atoms with Gasteiger partial charge in [-0.1, -0.05) is 11.8 Å². The first kappa shape index (κ1) is 22.1. The highest BCUT2D eigenvalue weighted by Crippen LogP contribution is 2.25. The fourth-order valence-electron chi connectivity index (χ4n) is 3.38. The maximum Gasteiger partial charge on any atom is 0.277 e. The van der Waals surface area contributed by atoms with Crippen LogP contribution < -0.4 is 15.0 Å². The second-order valence-corrected chi connectivity index (χ2v) is 8.84. The number of nitrogens with zero attached hydrogens (tertiary/aromatic N) is 3. The number of anilines is 2. The highest BCUT2D eigenvalue weighted by molar-refractivity contribution is 8.00. The molecule has 2 heterocycles. The van der Waals surface area contributed by atoms with Crippen molar-refractivity contribution in [3.05, 3.63) is 60.2 Å². The maximum atomic E-state index is 12.9. The number of hydrogen-bond acceptors (Lipinski definition) is 7. The van der Waals surface area contributed by atoms with Crippen LogP contribution in [-0.2, 0) is 11.4 Å². The molecular weight excluding hydrogens is 431 g/mol. The summed E-state index contributed by atoms with van der Waals surface area (Å²) in [5.41, 5.74) is 1.94. The zero-order valence-electron chi connectivity index (χ0n) is 17.8. The molecular formula is C23H25FN4O3S. The van der Waals surface area contributed by atoms with Gasteiger partial charge in [0.1, 0.15) is 11.6 Å². The van der Waals surface area contributed by atoms with Crippen molar-refractivity contribution in [1.29, 1.82) is 0 Å². The van der Waals surface area contributed by atoms with Crippen LogP contribution in [0, 0.1) is 5.82 Å². The van der Waals surface area contributed by atoms with Gasteiger partial charge in [-0.3, -0.25) is 4.79 Å². The number of aromatic nitrogens is 2. The topological polar surface area (TPSA) is 80.5 Å². The van der Waals surface area contributed by atoms with E-state index in [1.165, 1.54) is 61.0 Å². The van der Waals surface area contributed by atoms with E-state index in [1.54, 1.807) is 6.92 Å². The van der Waals surface area contributed by atoms with Crippen molar-refractivity contribution in [2.24, 2.45) is 0 Å². The van der Waals surface area contributed by atoms with Gasteiger partial charge in [-0.05, 0) is 74.7 Å². The van der Waals surface area contributed by atoms with Gasteiger partial charge in [-0.15, -0.1) is 10.2 Å². The minimum Gasteiger partial charge on any atom is -0.484 e. The van der Waals surface area contributed by atoms with Crippen LogP contribution in [0.15, 0.2) is 58.2 Å². The molecule has 0 bridgehead atoms. The van der Waals surface area contributed by atoms with Crippen molar-refractivity contribution in [3.63, 3.8) is 0 Å². The fraction of sp³-hybridized carbons (Fsp3) is 0.348. The van der Waals surface area contributed by atoms with Crippen LogP contribution in [0.5, 0.6) is 5.75 Å². The highest BCUT2D eigenvalue weighted by atomic mass is 32.2. The minimum absolute atomic E-state index is 0.0587. The summed E-state index contributed by atoms with van der Waals surface area (Å²) in [5.74, 6) is 0.289. The van der Waals surface area contributed by atoms with Gasteiger partial charge in [0.15, 0.2) is 6.61 Å². The number of carbonyl (C=O) groups is 1. The predicted octanol–water partition coefficient (Wildman–Crippen LogP) is 4.90. The smallest absolute Gasteiger partial charge is 0.277 e. The number of piperidine rings is 1. The second-order valence-electron chi connectivity index (χ2n) is 7.55. The Bertz CT molecular complexity index is 1020. The summed E-state index contributed by atoms with van der Waals surface area (Å²) in [4.78, 5) is 14.9. The quantitative estimate of drug-likeness (QED) is 0.483. The number of amides is 1. The summed E-state index contributed by atoms with van der Waals surface area (Å²) >= 11 is 1.18. The zero-order chi connectivity index (χ0) is 22.3. The number of nitrogens with one attached hydrogen (secondary N) is 1. The molecule has 1 aliphatic heterocycles. The third-order valence-corrected chi connectivity index (χ3v) is 6.06. The molecule has 0 aliphatic carbocycles. The Kier molecular flexibility index (Phi) is 7.26. The Labute approximate surface area is 190 Å². The molecule has 1 fully saturated rings. The molecule has 168 valence electrons. The van der Waals surface area contributed by atoms with Crippen molar-refractivity contribution in [1.82, 2.24) is 10.2 Å². The lowest BCUT2D eigenvalue weighted by molar-refractivity contribution is -0.115. The largest absolute Gasteiger partial charge is 0.484 e. The monoisotopic (exact) mass is 456 g/mol. The summed E-state index contributed by atoms with van der Waals surface area (Å²) in [7, 11) is 0. The molecule has 0 saturated carbocycles. The van der Waals surface area contributed by atoms with E-state index in [-0.39, 0.29) is 29.4 Å². The van der Waals surface area contributed by atoms with E-state index in [1.807, 2.05) is 24.3 Å². The van der Waals surface area contributed by atoms with Crippen LogP contribution in [0.2, 0.25) is 0 Å². The predicted molar refractivity (Wildman–Crippen MR) is 121 cm³/mol. The zero-order valence-corrected chi connectivity index (χ0v) is 18.6. The molecule has 0 spiro atoms. The van der Waals surface area contributed by atoms with E-state index >= 15 is 0 Å². The molecule has 4 rings (SSSR count). The van der Waals surface area contributed by atoms with Crippen LogP contribution >= 0.6 is 11.8 Å². The lowest BCUT2D eigenvalue weighted by atomic mass is 10.1. The summed E-state index contributed by atoms with van der Waals surface area (Å²) in [6.45, 7) is 4.01. The molecule has 1 N–H and O–H groups in total. The molecule has 1 aromatic heterocycles. The maximum absolute atomic E-state index is 12.9. The van der Waals surface area contributed by atoms with Gasteiger partial charge in [0.05, 0.1) is 5.25 Å². The van der Waals surface area contributed by atoms with Crippen molar-refractivity contribution in [3.8, 4) is 5.75 Å². The van der Waals surface area contributed by atoms with Crippen molar-refractivity contribution in [2.75, 3.05) is 23.3 Å². The van der Waals surface area contributed by atoms with Crippen LogP contribution in [0.1, 0.15) is 32.1 Å². The standard InChI is InChI=1S/C23H25FN4O3S/c1-16(22(29)25-18-7-9-19(10-8-18)28-13-3-2-4-14-28)32-23-27-26-21(31-23)15-30-20-11-5-17(24)6-12-20/h5-12,16H,2-4,13-15H2,1H3,(H,25,29). The number of hydrogen-bond donors (Lipinski definition) is 1. The molecule has 1 aliphatic rings.